The zero-order chi connectivity index (χ0) is 14.7. The molecule has 2 heterocycles. The fraction of sp³-hybridized carbons (Fsp3) is 0.714. The van der Waals surface area contributed by atoms with E-state index in [4.69, 9.17) is 4.74 Å². The second kappa shape index (κ2) is 6.75. The van der Waals surface area contributed by atoms with Crippen LogP contribution in [0.2, 0.25) is 0 Å². The van der Waals surface area contributed by atoms with Crippen molar-refractivity contribution in [3.05, 3.63) is 16.3 Å². The van der Waals surface area contributed by atoms with Gasteiger partial charge in [-0.3, -0.25) is 0 Å². The van der Waals surface area contributed by atoms with Crippen molar-refractivity contribution in [1.82, 2.24) is 10.0 Å². The second-order valence-corrected chi connectivity index (χ2v) is 8.52. The van der Waals surface area contributed by atoms with Crippen molar-refractivity contribution in [2.75, 3.05) is 19.8 Å². The first-order valence-corrected chi connectivity index (χ1v) is 9.88. The van der Waals surface area contributed by atoms with Crippen molar-refractivity contribution in [3.8, 4) is 0 Å². The van der Waals surface area contributed by atoms with E-state index in [1.54, 1.807) is 6.07 Å². The molecular formula is C14H22N2O3S2. The van der Waals surface area contributed by atoms with E-state index in [0.29, 0.717) is 29.9 Å². The molecule has 1 unspecified atom stereocenters. The van der Waals surface area contributed by atoms with E-state index in [9.17, 15) is 8.42 Å². The molecule has 2 fully saturated rings. The van der Waals surface area contributed by atoms with Gasteiger partial charge in [-0.05, 0) is 43.0 Å². The van der Waals surface area contributed by atoms with Crippen LogP contribution < -0.4 is 10.0 Å². The third-order valence-corrected chi connectivity index (χ3v) is 6.59. The minimum absolute atomic E-state index is 0.434. The van der Waals surface area contributed by atoms with E-state index in [1.807, 2.05) is 5.38 Å². The van der Waals surface area contributed by atoms with E-state index in [2.05, 4.69) is 10.0 Å². The van der Waals surface area contributed by atoms with Gasteiger partial charge in [-0.2, -0.15) is 0 Å². The summed E-state index contributed by atoms with van der Waals surface area (Å²) >= 11 is 1.50. The van der Waals surface area contributed by atoms with Crippen molar-refractivity contribution < 1.29 is 13.2 Å². The number of hydrogen-bond donors (Lipinski definition) is 2. The minimum atomic E-state index is -3.39. The third-order valence-electron chi connectivity index (χ3n) is 3.99. The summed E-state index contributed by atoms with van der Waals surface area (Å²) in [5, 5.41) is 5.22. The van der Waals surface area contributed by atoms with Gasteiger partial charge in [0, 0.05) is 37.2 Å². The highest BCUT2D eigenvalue weighted by Gasteiger charge is 2.24. The highest BCUT2D eigenvalue weighted by Crippen LogP contribution is 2.25. The molecule has 0 aromatic carbocycles. The summed E-state index contributed by atoms with van der Waals surface area (Å²) < 4.78 is 32.8. The Hall–Kier alpha value is -0.470. The maximum Gasteiger partial charge on any atom is 0.241 e. The zero-order valence-corrected chi connectivity index (χ0v) is 13.6. The average molecular weight is 330 g/mol. The van der Waals surface area contributed by atoms with Crippen LogP contribution in [-0.4, -0.2) is 34.2 Å². The molecular weight excluding hydrogens is 308 g/mol. The second-order valence-electron chi connectivity index (χ2n) is 5.78. The van der Waals surface area contributed by atoms with Crippen molar-refractivity contribution in [1.29, 1.82) is 0 Å². The summed E-state index contributed by atoms with van der Waals surface area (Å²) in [6, 6.07) is 2.29. The monoisotopic (exact) mass is 330 g/mol. The fourth-order valence-corrected chi connectivity index (χ4v) is 4.95. The molecule has 5 nitrogen and oxygen atoms in total. The molecule has 1 aliphatic heterocycles. The van der Waals surface area contributed by atoms with Gasteiger partial charge in [0.25, 0.3) is 0 Å². The summed E-state index contributed by atoms with van der Waals surface area (Å²) in [5.41, 5.74) is 0. The highest BCUT2D eigenvalue weighted by molar-refractivity contribution is 7.89. The van der Waals surface area contributed by atoms with Gasteiger partial charge in [0.2, 0.25) is 10.0 Å². The van der Waals surface area contributed by atoms with Gasteiger partial charge in [-0.1, -0.05) is 0 Å². The predicted octanol–water partition coefficient (Wildman–Crippen LogP) is 1.70. The maximum absolute atomic E-state index is 12.4. The maximum atomic E-state index is 12.4. The lowest BCUT2D eigenvalue weighted by atomic mass is 10.1. The normalized spacial score (nSPS) is 22.8. The first-order valence-electron chi connectivity index (χ1n) is 7.52. The number of ether oxygens (including phenoxy) is 1. The molecule has 1 aromatic rings. The third kappa shape index (κ3) is 4.26. The van der Waals surface area contributed by atoms with Crippen LogP contribution in [0.5, 0.6) is 0 Å². The summed E-state index contributed by atoms with van der Waals surface area (Å²) in [4.78, 5) is 1.34. The first-order chi connectivity index (χ1) is 10.1. The molecule has 21 heavy (non-hydrogen) atoms. The topological polar surface area (TPSA) is 67.4 Å². The van der Waals surface area contributed by atoms with Crippen LogP contribution in [0, 0.1) is 5.92 Å². The Morgan fingerprint density at radius 1 is 1.33 bits per heavy atom. The van der Waals surface area contributed by atoms with Crippen LogP contribution in [0.25, 0.3) is 0 Å². The van der Waals surface area contributed by atoms with E-state index < -0.39 is 10.0 Å². The summed E-state index contributed by atoms with van der Waals surface area (Å²) in [6.07, 6.45) is 4.29. The van der Waals surface area contributed by atoms with Crippen LogP contribution in [0.4, 0.5) is 0 Å². The molecule has 1 saturated carbocycles. The van der Waals surface area contributed by atoms with Crippen LogP contribution in [0.3, 0.4) is 0 Å². The Kier molecular flexibility index (Phi) is 4.96. The minimum Gasteiger partial charge on any atom is -0.381 e. The number of hydrogen-bond acceptors (Lipinski definition) is 5. The molecule has 0 amide bonds. The average Bonchev–Trinajstić information content (AvgIpc) is 2.93. The van der Waals surface area contributed by atoms with Crippen LogP contribution >= 0.6 is 11.3 Å². The SMILES string of the molecule is O=S(=O)(NCCC1CCOC1)c1ccsc1CNC1CC1. The Labute approximate surface area is 130 Å². The molecule has 7 heteroatoms. The number of thiophene rings is 1. The van der Waals surface area contributed by atoms with Crippen LogP contribution in [0.15, 0.2) is 16.3 Å². The van der Waals surface area contributed by atoms with E-state index in [1.165, 1.54) is 24.2 Å². The van der Waals surface area contributed by atoms with E-state index in [-0.39, 0.29) is 0 Å². The lowest BCUT2D eigenvalue weighted by Crippen LogP contribution is -2.27. The lowest BCUT2D eigenvalue weighted by molar-refractivity contribution is 0.184. The molecule has 3 rings (SSSR count). The van der Waals surface area contributed by atoms with Gasteiger partial charge in [-0.25, -0.2) is 13.1 Å². The standard InChI is InChI=1S/C14H22N2O3S2/c17-21(18,16-6-3-11-4-7-19-10-11)14-5-8-20-13(14)9-15-12-1-2-12/h5,8,11-12,15-16H,1-4,6-7,9-10H2. The predicted molar refractivity (Wildman–Crippen MR) is 82.9 cm³/mol. The van der Waals surface area contributed by atoms with Gasteiger partial charge < -0.3 is 10.1 Å². The van der Waals surface area contributed by atoms with E-state index in [0.717, 1.165) is 30.9 Å². The molecule has 2 aliphatic rings. The smallest absolute Gasteiger partial charge is 0.241 e. The molecule has 1 saturated heterocycles. The molecule has 1 atom stereocenters. The van der Waals surface area contributed by atoms with Gasteiger partial charge in [0.15, 0.2) is 0 Å². The first kappa shape index (κ1) is 15.4. The summed E-state index contributed by atoms with van der Waals surface area (Å²) in [7, 11) is -3.39. The quantitative estimate of drug-likeness (QED) is 0.761. The Morgan fingerprint density at radius 3 is 2.90 bits per heavy atom. The molecule has 118 valence electrons. The fourth-order valence-electron chi connectivity index (χ4n) is 2.51. The molecule has 0 spiro atoms. The summed E-state index contributed by atoms with van der Waals surface area (Å²) in [5.74, 6) is 0.492. The molecule has 0 radical (unpaired) electrons. The van der Waals surface area contributed by atoms with Crippen molar-refractivity contribution in [3.63, 3.8) is 0 Å². The highest BCUT2D eigenvalue weighted by atomic mass is 32.2. The lowest BCUT2D eigenvalue weighted by Gasteiger charge is -2.10. The largest absolute Gasteiger partial charge is 0.381 e. The van der Waals surface area contributed by atoms with Gasteiger partial charge in [0.05, 0.1) is 4.90 Å². The van der Waals surface area contributed by atoms with Crippen LogP contribution in [0.1, 0.15) is 30.6 Å². The van der Waals surface area contributed by atoms with Crippen molar-refractivity contribution in [2.45, 2.75) is 43.2 Å². The number of nitrogens with one attached hydrogen (secondary N) is 2. The molecule has 1 aromatic heterocycles. The summed E-state index contributed by atoms with van der Waals surface area (Å²) in [6.45, 7) is 2.70. The van der Waals surface area contributed by atoms with E-state index >= 15 is 0 Å². The number of sulfonamides is 1. The van der Waals surface area contributed by atoms with Gasteiger partial charge in [0.1, 0.15) is 0 Å². The van der Waals surface area contributed by atoms with Crippen LogP contribution in [-0.2, 0) is 21.3 Å². The van der Waals surface area contributed by atoms with Gasteiger partial charge >= 0.3 is 0 Å². The number of rotatable bonds is 8. The molecule has 2 N–H and O–H groups in total. The zero-order valence-electron chi connectivity index (χ0n) is 12.0. The Bertz CT molecular complexity index is 561. The van der Waals surface area contributed by atoms with Crippen molar-refractivity contribution in [2.24, 2.45) is 5.92 Å². The molecule has 1 aliphatic carbocycles. The Balaban J connectivity index is 1.54. The van der Waals surface area contributed by atoms with Crippen molar-refractivity contribution >= 4 is 21.4 Å². The van der Waals surface area contributed by atoms with Gasteiger partial charge in [-0.15, -0.1) is 11.3 Å². The molecule has 0 bridgehead atoms. The Morgan fingerprint density at radius 2 is 2.19 bits per heavy atom.